The second kappa shape index (κ2) is 6.43. The summed E-state index contributed by atoms with van der Waals surface area (Å²) in [4.78, 5) is 29.9. The fraction of sp³-hybridized carbons (Fsp3) is 0.300. The number of hydrazine groups is 1. The fourth-order valence-corrected chi connectivity index (χ4v) is 1.61. The third kappa shape index (κ3) is 4.50. The van der Waals surface area contributed by atoms with Crippen molar-refractivity contribution in [1.82, 2.24) is 5.01 Å². The molecule has 126 valence electrons. The molecule has 0 aliphatic rings. The minimum atomic E-state index is -5.03. The Bertz CT molecular complexity index is 627. The molecular weight excluding hydrogens is 329 g/mol. The highest BCUT2D eigenvalue weighted by Crippen LogP contribution is 2.41. The smallest absolute Gasteiger partial charge is 0.416 e. The molecule has 0 saturated heterocycles. The van der Waals surface area contributed by atoms with E-state index in [9.17, 15) is 38.2 Å². The lowest BCUT2D eigenvalue weighted by Gasteiger charge is -2.17. The molecule has 13 heteroatoms. The van der Waals surface area contributed by atoms with Gasteiger partial charge in [0.2, 0.25) is 5.69 Å². The number of alkyl halides is 3. The molecule has 1 aromatic rings. The van der Waals surface area contributed by atoms with Crippen LogP contribution in [0.2, 0.25) is 0 Å². The standard InChI is InChI=1S/C10H9F3N4O6/c1-15(4-8(18)19)14-9-6(16(20)21)2-5(10(11,12)13)3-7(9)17(22)23/h2-3,14H,4H2,1H3,(H,18,19). The van der Waals surface area contributed by atoms with E-state index >= 15 is 0 Å². The number of halogens is 3. The van der Waals surface area contributed by atoms with Gasteiger partial charge in [-0.1, -0.05) is 0 Å². The SMILES string of the molecule is CN(CC(=O)O)Nc1c([N+](=O)[O-])cc(C(F)(F)F)cc1[N+](=O)[O-]. The van der Waals surface area contributed by atoms with E-state index in [0.29, 0.717) is 0 Å². The number of hydrogen-bond acceptors (Lipinski definition) is 7. The highest BCUT2D eigenvalue weighted by Gasteiger charge is 2.38. The Morgan fingerprint density at radius 1 is 1.26 bits per heavy atom. The maximum absolute atomic E-state index is 12.7. The van der Waals surface area contributed by atoms with Gasteiger partial charge in [0.15, 0.2) is 0 Å². The van der Waals surface area contributed by atoms with Crippen molar-refractivity contribution in [2.24, 2.45) is 0 Å². The Morgan fingerprint density at radius 2 is 1.70 bits per heavy atom. The molecule has 0 fully saturated rings. The third-order valence-corrected chi connectivity index (χ3v) is 2.49. The van der Waals surface area contributed by atoms with Crippen molar-refractivity contribution in [2.75, 3.05) is 19.0 Å². The van der Waals surface area contributed by atoms with E-state index in [0.717, 1.165) is 12.1 Å². The minimum Gasteiger partial charge on any atom is -0.480 e. The van der Waals surface area contributed by atoms with Crippen molar-refractivity contribution < 1.29 is 32.9 Å². The van der Waals surface area contributed by atoms with Crippen LogP contribution in [0.15, 0.2) is 12.1 Å². The first kappa shape index (κ1) is 18.1. The van der Waals surface area contributed by atoms with Crippen molar-refractivity contribution in [2.45, 2.75) is 6.18 Å². The van der Waals surface area contributed by atoms with E-state index in [1.54, 1.807) is 0 Å². The Morgan fingerprint density at radius 3 is 2.00 bits per heavy atom. The van der Waals surface area contributed by atoms with Crippen LogP contribution in [0.4, 0.5) is 30.2 Å². The molecule has 23 heavy (non-hydrogen) atoms. The highest BCUT2D eigenvalue weighted by atomic mass is 19.4. The summed E-state index contributed by atoms with van der Waals surface area (Å²) in [5.41, 5.74) is -2.77. The Hall–Kier alpha value is -2.96. The number of rotatable bonds is 6. The number of benzene rings is 1. The van der Waals surface area contributed by atoms with E-state index in [4.69, 9.17) is 5.11 Å². The van der Waals surface area contributed by atoms with Gasteiger partial charge in [-0.2, -0.15) is 13.2 Å². The molecule has 0 heterocycles. The molecule has 1 aromatic carbocycles. The van der Waals surface area contributed by atoms with Gasteiger partial charge in [0, 0.05) is 19.2 Å². The summed E-state index contributed by atoms with van der Waals surface area (Å²) < 4.78 is 38.1. The lowest BCUT2D eigenvalue weighted by molar-refractivity contribution is -0.392. The number of carboxylic acid groups (broad SMARTS) is 1. The average Bonchev–Trinajstić information content (AvgIpc) is 2.35. The summed E-state index contributed by atoms with van der Waals surface area (Å²) in [6.07, 6.45) is -5.03. The number of carboxylic acids is 1. The van der Waals surface area contributed by atoms with E-state index in [1.807, 2.05) is 0 Å². The first-order valence-corrected chi connectivity index (χ1v) is 5.67. The normalized spacial score (nSPS) is 11.3. The predicted molar refractivity (Wildman–Crippen MR) is 68.6 cm³/mol. The molecule has 0 spiro atoms. The summed E-state index contributed by atoms with van der Waals surface area (Å²) in [6.45, 7) is -0.713. The van der Waals surface area contributed by atoms with Gasteiger partial charge in [-0.3, -0.25) is 25.0 Å². The summed E-state index contributed by atoms with van der Waals surface area (Å²) in [6, 6.07) is 0.258. The number of nitrogens with one attached hydrogen (secondary N) is 1. The molecule has 0 radical (unpaired) electrons. The lowest BCUT2D eigenvalue weighted by atomic mass is 10.1. The molecule has 0 aliphatic carbocycles. The van der Waals surface area contributed by atoms with Crippen LogP contribution in [0.25, 0.3) is 0 Å². The van der Waals surface area contributed by atoms with Gasteiger partial charge in [-0.15, -0.1) is 0 Å². The highest BCUT2D eigenvalue weighted by molar-refractivity contribution is 5.75. The molecule has 0 aliphatic heterocycles. The minimum absolute atomic E-state index is 0.129. The Kier molecular flexibility index (Phi) is 5.06. The average molecular weight is 338 g/mol. The number of nitro groups is 2. The van der Waals surface area contributed by atoms with E-state index in [1.165, 1.54) is 0 Å². The van der Waals surface area contributed by atoms with E-state index in [-0.39, 0.29) is 12.1 Å². The summed E-state index contributed by atoms with van der Waals surface area (Å²) in [5.74, 6) is -1.36. The summed E-state index contributed by atoms with van der Waals surface area (Å²) in [5, 5.41) is 31.2. The van der Waals surface area contributed by atoms with Crippen molar-refractivity contribution in [3.8, 4) is 0 Å². The number of nitrogens with zero attached hydrogens (tertiary/aromatic N) is 3. The van der Waals surface area contributed by atoms with Gasteiger partial charge in [-0.25, -0.2) is 5.01 Å². The number of likely N-dealkylation sites (N-methyl/N-ethyl adjacent to an activating group) is 1. The molecule has 0 aromatic heterocycles. The van der Waals surface area contributed by atoms with E-state index in [2.05, 4.69) is 5.43 Å². The molecule has 2 N–H and O–H groups in total. The monoisotopic (exact) mass is 338 g/mol. The van der Waals surface area contributed by atoms with E-state index < -0.39 is 51.2 Å². The zero-order chi connectivity index (χ0) is 17.9. The quantitative estimate of drug-likeness (QED) is 0.592. The molecule has 0 bridgehead atoms. The molecule has 0 saturated carbocycles. The Balaban J connectivity index is 3.50. The second-order valence-corrected chi connectivity index (χ2v) is 4.26. The van der Waals surface area contributed by atoms with Gasteiger partial charge < -0.3 is 10.5 Å². The molecular formula is C10H9F3N4O6. The fourth-order valence-electron chi connectivity index (χ4n) is 1.61. The first-order valence-electron chi connectivity index (χ1n) is 5.67. The zero-order valence-electron chi connectivity index (χ0n) is 11.3. The molecule has 1 rings (SSSR count). The number of anilines is 1. The first-order chi connectivity index (χ1) is 10.4. The molecule has 10 nitrogen and oxygen atoms in total. The Labute approximate surface area is 125 Å². The number of carbonyl (C=O) groups is 1. The van der Waals surface area contributed by atoms with Crippen molar-refractivity contribution in [3.05, 3.63) is 37.9 Å². The van der Waals surface area contributed by atoms with Crippen LogP contribution in [0.5, 0.6) is 0 Å². The van der Waals surface area contributed by atoms with Crippen LogP contribution in [-0.4, -0.2) is 39.5 Å². The van der Waals surface area contributed by atoms with Crippen LogP contribution in [0.3, 0.4) is 0 Å². The van der Waals surface area contributed by atoms with Crippen LogP contribution in [-0.2, 0) is 11.0 Å². The zero-order valence-corrected chi connectivity index (χ0v) is 11.3. The van der Waals surface area contributed by atoms with Crippen LogP contribution < -0.4 is 5.43 Å². The molecule has 0 atom stereocenters. The molecule has 0 amide bonds. The molecule has 0 unspecified atom stereocenters. The third-order valence-electron chi connectivity index (χ3n) is 2.49. The summed E-state index contributed by atoms with van der Waals surface area (Å²) >= 11 is 0. The number of nitro benzene ring substituents is 2. The van der Waals surface area contributed by atoms with Gasteiger partial charge in [0.1, 0.15) is 6.54 Å². The van der Waals surface area contributed by atoms with Gasteiger partial charge in [0.05, 0.1) is 15.4 Å². The topological polar surface area (TPSA) is 139 Å². The predicted octanol–water partition coefficient (Wildman–Crippen LogP) is 1.87. The largest absolute Gasteiger partial charge is 0.480 e. The van der Waals surface area contributed by atoms with Crippen LogP contribution in [0, 0.1) is 20.2 Å². The lowest BCUT2D eigenvalue weighted by Crippen LogP contribution is -2.31. The van der Waals surface area contributed by atoms with Crippen molar-refractivity contribution in [3.63, 3.8) is 0 Å². The number of hydrogen-bond donors (Lipinski definition) is 2. The van der Waals surface area contributed by atoms with Gasteiger partial charge >= 0.3 is 23.5 Å². The van der Waals surface area contributed by atoms with Crippen LogP contribution >= 0.6 is 0 Å². The van der Waals surface area contributed by atoms with Crippen molar-refractivity contribution in [1.29, 1.82) is 0 Å². The second-order valence-electron chi connectivity index (χ2n) is 4.26. The van der Waals surface area contributed by atoms with Gasteiger partial charge in [0.25, 0.3) is 0 Å². The van der Waals surface area contributed by atoms with Gasteiger partial charge in [-0.05, 0) is 0 Å². The van der Waals surface area contributed by atoms with Crippen LogP contribution in [0.1, 0.15) is 5.56 Å². The maximum atomic E-state index is 12.7. The summed E-state index contributed by atoms with van der Waals surface area (Å²) in [7, 11) is 1.10. The van der Waals surface area contributed by atoms with Crippen molar-refractivity contribution >= 4 is 23.0 Å². The maximum Gasteiger partial charge on any atom is 0.416 e. The number of aliphatic carboxylic acids is 1.